The topological polar surface area (TPSA) is 95.9 Å². The molecule has 0 bridgehead atoms. The molecule has 0 saturated heterocycles. The summed E-state index contributed by atoms with van der Waals surface area (Å²) < 4.78 is 5.52. The number of aliphatic hydroxyl groups is 2. The van der Waals surface area contributed by atoms with E-state index in [2.05, 4.69) is 19.2 Å². The number of unbranched alkanes of at least 4 members (excludes halogenated alkanes) is 62. The standard InChI is InChI=1S/C77H151NO5/c1-3-5-7-9-11-13-15-17-19-20-36-40-43-47-51-55-59-63-67-71-77(82)83-72-68-64-60-56-52-48-44-41-38-35-33-31-29-27-25-23-21-22-24-26-28-30-32-34-37-39-42-46-50-54-58-62-66-70-76(81)78-74(73-79)75(80)69-65-61-57-53-49-45-18-16-14-12-10-8-6-4-2/h65,69,74-75,79-80H,3-64,66-68,70-73H2,1-2H3,(H,78,81)/b69-65+. The number of allylic oxidation sites excluding steroid dienone is 1. The molecule has 0 radical (unpaired) electrons. The summed E-state index contributed by atoms with van der Waals surface area (Å²) in [4.78, 5) is 24.6. The Bertz CT molecular complexity index is 1260. The maximum absolute atomic E-state index is 12.5. The molecular formula is C77H151NO5. The molecule has 0 aromatic rings. The molecule has 3 N–H and O–H groups in total. The first kappa shape index (κ1) is 81.6. The lowest BCUT2D eigenvalue weighted by Gasteiger charge is -2.20. The lowest BCUT2D eigenvalue weighted by Crippen LogP contribution is -2.45. The van der Waals surface area contributed by atoms with E-state index in [9.17, 15) is 19.8 Å². The first-order valence-electron chi connectivity index (χ1n) is 38.5. The molecule has 2 unspecified atom stereocenters. The second-order valence-electron chi connectivity index (χ2n) is 26.7. The van der Waals surface area contributed by atoms with Gasteiger partial charge in [0.05, 0.1) is 25.4 Å². The minimum Gasteiger partial charge on any atom is -0.466 e. The molecule has 0 aromatic carbocycles. The summed E-state index contributed by atoms with van der Waals surface area (Å²) in [7, 11) is 0. The summed E-state index contributed by atoms with van der Waals surface area (Å²) >= 11 is 0. The van der Waals surface area contributed by atoms with Crippen LogP contribution in [0.1, 0.15) is 444 Å². The summed E-state index contributed by atoms with van der Waals surface area (Å²) in [5.41, 5.74) is 0. The van der Waals surface area contributed by atoms with E-state index in [1.54, 1.807) is 6.08 Å². The molecule has 0 saturated carbocycles. The zero-order valence-corrected chi connectivity index (χ0v) is 56.7. The first-order valence-corrected chi connectivity index (χ1v) is 38.5. The Balaban J connectivity index is 3.30. The average molecular weight is 1170 g/mol. The van der Waals surface area contributed by atoms with Crippen molar-refractivity contribution >= 4 is 11.9 Å². The Morgan fingerprint density at radius 3 is 0.819 bits per heavy atom. The van der Waals surface area contributed by atoms with E-state index in [4.69, 9.17) is 4.74 Å². The molecule has 0 aliphatic rings. The predicted molar refractivity (Wildman–Crippen MR) is 366 cm³/mol. The highest BCUT2D eigenvalue weighted by Crippen LogP contribution is 2.20. The molecule has 0 rings (SSSR count). The van der Waals surface area contributed by atoms with Gasteiger partial charge in [-0.1, -0.05) is 411 Å². The van der Waals surface area contributed by atoms with Crippen LogP contribution in [-0.2, 0) is 14.3 Å². The Kier molecular flexibility index (Phi) is 71.8. The molecule has 0 aromatic heterocycles. The molecule has 83 heavy (non-hydrogen) atoms. The van der Waals surface area contributed by atoms with Gasteiger partial charge >= 0.3 is 5.97 Å². The smallest absolute Gasteiger partial charge is 0.305 e. The van der Waals surface area contributed by atoms with Crippen molar-refractivity contribution in [3.05, 3.63) is 12.2 Å². The van der Waals surface area contributed by atoms with Gasteiger partial charge in [0, 0.05) is 12.8 Å². The molecule has 494 valence electrons. The van der Waals surface area contributed by atoms with Crippen LogP contribution in [-0.4, -0.2) is 47.4 Å². The summed E-state index contributed by atoms with van der Waals surface area (Å²) in [5, 5.41) is 23.2. The van der Waals surface area contributed by atoms with Gasteiger partial charge in [0.1, 0.15) is 0 Å². The summed E-state index contributed by atoms with van der Waals surface area (Å²) in [5.74, 6) is -0.0329. The van der Waals surface area contributed by atoms with Crippen LogP contribution in [0.3, 0.4) is 0 Å². The SMILES string of the molecule is CCCCCCCCCCCCCC/C=C/C(O)C(CO)NC(=O)CCCCCCCCCCCCCCCCCCCCCCCCCCCCCCCCCCCOC(=O)CCCCCCCCCCCCCCCCCCCCC. The van der Waals surface area contributed by atoms with E-state index in [-0.39, 0.29) is 18.5 Å². The zero-order chi connectivity index (χ0) is 59.9. The van der Waals surface area contributed by atoms with Crippen molar-refractivity contribution in [2.45, 2.75) is 456 Å². The number of esters is 1. The highest BCUT2D eigenvalue weighted by Gasteiger charge is 2.18. The first-order chi connectivity index (χ1) is 41.0. The summed E-state index contributed by atoms with van der Waals surface area (Å²) in [6.07, 6.45) is 91.9. The minimum absolute atomic E-state index is 0.0274. The van der Waals surface area contributed by atoms with Crippen molar-refractivity contribution < 1.29 is 24.5 Å². The van der Waals surface area contributed by atoms with Crippen LogP contribution >= 0.6 is 0 Å². The Hall–Kier alpha value is -1.40. The minimum atomic E-state index is -0.840. The molecule has 1 amide bonds. The summed E-state index contributed by atoms with van der Waals surface area (Å²) in [6.45, 7) is 4.95. The van der Waals surface area contributed by atoms with Gasteiger partial charge < -0.3 is 20.3 Å². The van der Waals surface area contributed by atoms with Crippen LogP contribution < -0.4 is 5.32 Å². The molecular weight excluding hydrogens is 1020 g/mol. The number of ether oxygens (including phenoxy) is 1. The van der Waals surface area contributed by atoms with Crippen molar-refractivity contribution in [3.8, 4) is 0 Å². The van der Waals surface area contributed by atoms with Gasteiger partial charge in [0.15, 0.2) is 0 Å². The van der Waals surface area contributed by atoms with Crippen LogP contribution in [0.2, 0.25) is 0 Å². The normalized spacial score (nSPS) is 12.5. The Morgan fingerprint density at radius 2 is 0.554 bits per heavy atom. The highest BCUT2D eigenvalue weighted by atomic mass is 16.5. The quantitative estimate of drug-likeness (QED) is 0.0320. The fourth-order valence-electron chi connectivity index (χ4n) is 12.5. The number of carbonyl (C=O) groups excluding carboxylic acids is 2. The third kappa shape index (κ3) is 69.6. The maximum atomic E-state index is 12.5. The third-order valence-corrected chi connectivity index (χ3v) is 18.3. The van der Waals surface area contributed by atoms with Crippen LogP contribution in [0.25, 0.3) is 0 Å². The monoisotopic (exact) mass is 1170 g/mol. The maximum Gasteiger partial charge on any atom is 0.305 e. The number of hydrogen-bond acceptors (Lipinski definition) is 5. The molecule has 0 aliphatic carbocycles. The van der Waals surface area contributed by atoms with Crippen molar-refractivity contribution in [3.63, 3.8) is 0 Å². The van der Waals surface area contributed by atoms with Crippen LogP contribution in [0.15, 0.2) is 12.2 Å². The van der Waals surface area contributed by atoms with Crippen molar-refractivity contribution in [1.82, 2.24) is 5.32 Å². The van der Waals surface area contributed by atoms with Gasteiger partial charge in [-0.05, 0) is 32.1 Å². The third-order valence-electron chi connectivity index (χ3n) is 18.3. The predicted octanol–water partition coefficient (Wildman–Crippen LogP) is 25.1. The molecule has 2 atom stereocenters. The fraction of sp³-hybridized carbons (Fsp3) is 0.948. The molecule has 6 nitrogen and oxygen atoms in total. The number of nitrogens with one attached hydrogen (secondary N) is 1. The van der Waals surface area contributed by atoms with E-state index in [1.165, 1.54) is 379 Å². The van der Waals surface area contributed by atoms with E-state index in [0.29, 0.717) is 19.4 Å². The summed E-state index contributed by atoms with van der Waals surface area (Å²) in [6, 6.07) is -0.623. The number of aliphatic hydroxyl groups excluding tert-OH is 2. The second kappa shape index (κ2) is 73.1. The van der Waals surface area contributed by atoms with Gasteiger partial charge in [0.2, 0.25) is 5.91 Å². The molecule has 0 heterocycles. The number of rotatable bonds is 73. The van der Waals surface area contributed by atoms with Gasteiger partial charge in [-0.3, -0.25) is 9.59 Å². The Morgan fingerprint density at radius 1 is 0.325 bits per heavy atom. The largest absolute Gasteiger partial charge is 0.466 e. The van der Waals surface area contributed by atoms with Gasteiger partial charge in [-0.15, -0.1) is 0 Å². The highest BCUT2D eigenvalue weighted by molar-refractivity contribution is 5.76. The van der Waals surface area contributed by atoms with Crippen molar-refractivity contribution in [2.75, 3.05) is 13.2 Å². The van der Waals surface area contributed by atoms with Crippen LogP contribution in [0.5, 0.6) is 0 Å². The fourth-order valence-corrected chi connectivity index (χ4v) is 12.5. The lowest BCUT2D eigenvalue weighted by atomic mass is 10.0. The molecule has 0 fully saturated rings. The molecule has 0 aliphatic heterocycles. The van der Waals surface area contributed by atoms with Gasteiger partial charge in [-0.2, -0.15) is 0 Å². The number of hydrogen-bond donors (Lipinski definition) is 3. The van der Waals surface area contributed by atoms with Gasteiger partial charge in [-0.25, -0.2) is 0 Å². The second-order valence-corrected chi connectivity index (χ2v) is 26.7. The van der Waals surface area contributed by atoms with Crippen molar-refractivity contribution in [2.24, 2.45) is 0 Å². The number of carbonyl (C=O) groups is 2. The number of amides is 1. The zero-order valence-electron chi connectivity index (χ0n) is 56.7. The molecule has 6 heteroatoms. The van der Waals surface area contributed by atoms with E-state index in [0.717, 1.165) is 38.5 Å². The molecule has 0 spiro atoms. The Labute approximate surface area is 520 Å². The van der Waals surface area contributed by atoms with Crippen LogP contribution in [0, 0.1) is 0 Å². The van der Waals surface area contributed by atoms with Crippen molar-refractivity contribution in [1.29, 1.82) is 0 Å². The van der Waals surface area contributed by atoms with E-state index < -0.39 is 12.1 Å². The van der Waals surface area contributed by atoms with Gasteiger partial charge in [0.25, 0.3) is 0 Å². The van der Waals surface area contributed by atoms with Crippen LogP contribution in [0.4, 0.5) is 0 Å². The van der Waals surface area contributed by atoms with E-state index >= 15 is 0 Å². The lowest BCUT2D eigenvalue weighted by molar-refractivity contribution is -0.143. The van der Waals surface area contributed by atoms with E-state index in [1.807, 2.05) is 6.08 Å². The average Bonchev–Trinajstić information content (AvgIpc) is 3.49.